The Morgan fingerprint density at radius 1 is 0.413 bits per heavy atom. The fourth-order valence-electron chi connectivity index (χ4n) is 16.1. The summed E-state index contributed by atoms with van der Waals surface area (Å²) in [5.41, 5.74) is 4.34. The standard InChI is InChI=1S/C76H111N16O41P5S5/c1-12-41-42(23-48(123-41)87-24-36(2)60(77)82-72(87)98)129-134(103,139)119-30-44-51(56(114-19-14-109-8)68(125-44)89-26-38(4)64(95)84-74(89)100)130-136(105,141)120-31-45-52(57(115-20-15-110-9)69(126-45)90-27-39(5)65(96)85-75(90)101)131-137(106,142)121-32-46-53(58(116-21-16-111-10)70(127-46)91-28-40(6)66(97)86-76(91)102)132-138(107,143)122-33-47-54(59(117-22-17-112-11)71(128-47)92-35-81-49-61(78)79-34-80-62(49)92)133-135(104,140)118-29-43-50(93)55(113-18-13-108-7)67(124-43)88-25-37(3)63(94)83-73(88)99/h24-28,34-35,41-48,50-59,67-71,93H,12-23,29-33H2,1-11H3,(H,103,139)(H,104,140)(H,105,141)(H,106,142)(H,107,143)(H2,77,82,98)(H2,78,79,80)(H,83,94,99)(H,84,95,100)(H,85,96,101)(H,86,97,102)/p-5/t41-,42?,43-,44-,45-,46-,47-,48-,50?,51?,52?,53?,54?,55+,56+,57+,58+,59+,67-,68-,69-,70-,71-,134?,135?,136?,137?,138?/m1/s1. The van der Waals surface area contributed by atoms with Crippen LogP contribution in [0.2, 0.25) is 0 Å². The number of nitrogens with zero attached hydrogens (tertiary/aromatic N) is 10. The molecule has 0 spiro atoms. The number of anilines is 2. The van der Waals surface area contributed by atoms with Gasteiger partial charge in [0, 0.05) is 101 Å². The second-order valence-electron chi connectivity index (χ2n) is 32.9. The Morgan fingerprint density at radius 2 is 0.734 bits per heavy atom. The van der Waals surface area contributed by atoms with E-state index < -0.39 is 272 Å². The lowest BCUT2D eigenvalue weighted by Gasteiger charge is -2.38. The normalized spacial score (nSPS) is 29.4. The molecule has 143 heavy (non-hydrogen) atoms. The highest BCUT2D eigenvalue weighted by molar-refractivity contribution is 8.32. The van der Waals surface area contributed by atoms with Gasteiger partial charge in [-0.15, -0.1) is 0 Å². The number of ether oxygens (including phenoxy) is 16. The van der Waals surface area contributed by atoms with E-state index >= 15 is 19.2 Å². The first-order chi connectivity index (χ1) is 67.8. The van der Waals surface area contributed by atoms with Crippen molar-refractivity contribution in [2.45, 2.75) is 196 Å². The minimum atomic E-state index is -5.39. The van der Waals surface area contributed by atoms with Crippen LogP contribution < -0.4 is 81.7 Å². The molecule has 67 heteroatoms. The van der Waals surface area contributed by atoms with Crippen molar-refractivity contribution in [1.82, 2.24) is 67.3 Å². The van der Waals surface area contributed by atoms with Gasteiger partial charge < -0.3 is 169 Å². The van der Waals surface area contributed by atoms with E-state index in [4.69, 9.17) is 192 Å². The summed E-state index contributed by atoms with van der Waals surface area (Å²) < 4.78 is 178. The third-order valence-corrected chi connectivity index (χ3v) is 30.8. The number of rotatable bonds is 52. The number of hydrogen-bond acceptors (Lipinski definition) is 52. The Labute approximate surface area is 835 Å². The fraction of sp³-hybridized carbons (Fsp3) is 0.671. The van der Waals surface area contributed by atoms with E-state index in [2.05, 4.69) is 39.9 Å². The zero-order valence-electron chi connectivity index (χ0n) is 78.0. The first kappa shape index (κ1) is 114. The van der Waals surface area contributed by atoms with E-state index in [0.717, 1.165) is 43.2 Å². The molecule has 6 saturated heterocycles. The number of nitrogens with one attached hydrogen (secondary N) is 4. The number of aliphatic hydroxyl groups excluding tert-OH is 1. The quantitative estimate of drug-likeness (QED) is 0.0108. The van der Waals surface area contributed by atoms with Crippen molar-refractivity contribution in [3.8, 4) is 0 Å². The van der Waals surface area contributed by atoms with Crippen molar-refractivity contribution >= 4 is 116 Å². The zero-order chi connectivity index (χ0) is 104. The molecule has 13 rings (SSSR count). The van der Waals surface area contributed by atoms with Crippen molar-refractivity contribution in [3.63, 3.8) is 0 Å². The van der Waals surface area contributed by atoms with Gasteiger partial charge in [-0.05, 0) is 41.0 Å². The van der Waals surface area contributed by atoms with Crippen molar-refractivity contribution in [2.24, 2.45) is 0 Å². The SMILES string of the molecule is CC[C@H]1O[C@@H](n2cc(C)c(N)nc2=O)CC1OP([O-])(=S)OC[C@H]1O[C@@H](n2cc(C)c(=O)[nH]c2=O)[C@@H](OCCOC)C1OP(=O)([S-])OC[C@H]1O[C@@H](n2cc(C)c(=O)[nH]c2=O)[C@@H](OCCOC)C1OP([O-])(=S)OC[C@H]1O[C@@H](n2cc(C)c(=O)[nH]c2=O)[C@@H](OCCOC)C1OP([O-])(=S)OC[C@H]1O[C@@H](n2cnc3c(N)ncnc32)[C@@H](OCCOC)C1OP([O-])(=S)OC[C@H]1O[C@@H](n2cc(C)c(=O)[nH]c2=O)[C@@H](OCCOC)C1O. The van der Waals surface area contributed by atoms with Crippen molar-refractivity contribution in [2.75, 3.05) is 146 Å². The molecule has 13 heterocycles. The van der Waals surface area contributed by atoms with E-state index in [1.165, 1.54) is 91.1 Å². The molecule has 28 atom stereocenters. The molecule has 0 aliphatic carbocycles. The number of nitrogens with two attached hydrogens (primary N) is 2. The van der Waals surface area contributed by atoms with Gasteiger partial charge in [0.05, 0.1) is 118 Å². The van der Waals surface area contributed by atoms with Crippen LogP contribution in [0, 0.1) is 34.6 Å². The Balaban J connectivity index is 0.797. The van der Waals surface area contributed by atoms with Gasteiger partial charge in [-0.1, -0.05) is 54.2 Å². The summed E-state index contributed by atoms with van der Waals surface area (Å²) in [6, 6.07) is 0. The number of aryl methyl sites for hydroxylation is 5. The van der Waals surface area contributed by atoms with Gasteiger partial charge >= 0.3 is 28.4 Å². The Kier molecular flexibility index (Phi) is 39.5. The third-order valence-electron chi connectivity index (χ3n) is 23.1. The highest BCUT2D eigenvalue weighted by atomic mass is 32.7. The smallest absolute Gasteiger partial charge is 0.351 e. The highest BCUT2D eigenvalue weighted by Crippen LogP contribution is 2.56. The van der Waals surface area contributed by atoms with Crippen LogP contribution in [0.4, 0.5) is 11.6 Å². The molecule has 57 nitrogen and oxygen atoms in total. The van der Waals surface area contributed by atoms with E-state index in [-0.39, 0.29) is 111 Å². The van der Waals surface area contributed by atoms with E-state index in [0.29, 0.717) is 5.56 Å². The minimum Gasteiger partial charge on any atom is -0.780 e. The summed E-state index contributed by atoms with van der Waals surface area (Å²) in [6.45, 7) is -24.3. The summed E-state index contributed by atoms with van der Waals surface area (Å²) in [4.78, 5) is 206. The predicted molar refractivity (Wildman–Crippen MR) is 500 cm³/mol. The van der Waals surface area contributed by atoms with E-state index in [9.17, 15) is 53.2 Å². The third kappa shape index (κ3) is 27.9. The maximum atomic E-state index is 15.6. The van der Waals surface area contributed by atoms with Crippen LogP contribution in [0.25, 0.3) is 11.2 Å². The predicted octanol–water partition coefficient (Wildman–Crippen LogP) is -4.30. The maximum Gasteiger partial charge on any atom is 0.351 e. The number of fused-ring (bicyclic) bond motifs is 1. The summed E-state index contributed by atoms with van der Waals surface area (Å²) in [5, 5.41) is 11.8. The van der Waals surface area contributed by atoms with Crippen molar-refractivity contribution in [1.29, 1.82) is 0 Å². The molecule has 7 aromatic heterocycles. The summed E-state index contributed by atoms with van der Waals surface area (Å²) in [7, 11) is 6.67. The molecule has 6 fully saturated rings. The summed E-state index contributed by atoms with van der Waals surface area (Å²) in [5.74, 6) is -0.106. The Morgan fingerprint density at radius 3 is 1.10 bits per heavy atom. The van der Waals surface area contributed by atoms with Crippen LogP contribution in [0.1, 0.15) is 85.0 Å². The number of aromatic amines is 4. The molecule has 0 saturated carbocycles. The minimum absolute atomic E-state index is 0.00986. The van der Waals surface area contributed by atoms with Gasteiger partial charge in [0.2, 0.25) is 0 Å². The van der Waals surface area contributed by atoms with Gasteiger partial charge in [0.1, 0.15) is 142 Å². The second-order valence-corrected chi connectivity index (χ2v) is 46.4. The molecule has 0 bridgehead atoms. The van der Waals surface area contributed by atoms with Crippen LogP contribution in [-0.4, -0.2) is 311 Å². The van der Waals surface area contributed by atoms with Gasteiger partial charge in [-0.25, -0.2) is 38.9 Å². The monoisotopic (exact) mass is 2210 g/mol. The Bertz CT molecular complexity index is 6440. The molecule has 6 aliphatic rings. The van der Waals surface area contributed by atoms with Crippen LogP contribution in [0.5, 0.6) is 0 Å². The van der Waals surface area contributed by atoms with E-state index in [1.807, 2.05) is 0 Å². The largest absolute Gasteiger partial charge is 0.780 e. The topological polar surface area (TPSA) is 719 Å². The summed E-state index contributed by atoms with van der Waals surface area (Å²) >= 11 is 28.1. The molecular weight excluding hydrogens is 2110 g/mol. The fourth-order valence-corrected chi connectivity index (χ4v) is 23.3. The number of hydrogen-bond donors (Lipinski definition) is 7. The molecule has 0 aromatic carbocycles. The van der Waals surface area contributed by atoms with Crippen LogP contribution in [0.3, 0.4) is 0 Å². The van der Waals surface area contributed by atoms with Crippen LogP contribution in [0.15, 0.2) is 86.8 Å². The molecule has 796 valence electrons. The molecule has 6 aliphatic heterocycles. The molecule has 11 unspecified atom stereocenters. The molecule has 0 radical (unpaired) electrons. The van der Waals surface area contributed by atoms with Gasteiger partial charge in [-0.3, -0.25) is 71.1 Å². The number of aliphatic hydroxyl groups is 1. The average molecular weight is 2210 g/mol. The molecular formula is C76H106N16O41P5S5-5. The van der Waals surface area contributed by atoms with E-state index in [1.54, 1.807) is 13.8 Å². The number of methoxy groups -OCH3 is 5. The Hall–Kier alpha value is -6.31. The summed E-state index contributed by atoms with van der Waals surface area (Å²) in [6.07, 6.45) is -28.9. The lowest BCUT2D eigenvalue weighted by molar-refractivity contribution is -0.223. The first-order valence-electron chi connectivity index (χ1n) is 43.7. The van der Waals surface area contributed by atoms with Crippen molar-refractivity contribution < 1.29 is 150 Å². The van der Waals surface area contributed by atoms with Gasteiger partial charge in [0.15, 0.2) is 49.4 Å². The van der Waals surface area contributed by atoms with Crippen LogP contribution in [-0.2, 0) is 185 Å². The maximum absolute atomic E-state index is 15.6. The average Bonchev–Trinajstić information content (AvgIpc) is 1.62. The number of imidazole rings is 1. The number of nitrogen functional groups attached to an aromatic ring is 2. The van der Waals surface area contributed by atoms with Crippen molar-refractivity contribution in [3.05, 3.63) is 165 Å². The zero-order valence-corrected chi connectivity index (χ0v) is 86.6. The second kappa shape index (κ2) is 49.6. The number of H-pyrrole nitrogens is 4. The lowest BCUT2D eigenvalue weighted by atomic mass is 10.1. The molecule has 9 N–H and O–H groups in total. The van der Waals surface area contributed by atoms with Gasteiger partial charge in [0.25, 0.3) is 22.2 Å². The molecule has 0 amide bonds. The highest BCUT2D eigenvalue weighted by Gasteiger charge is 2.56. The number of aromatic nitrogens is 14. The molecule has 7 aromatic rings. The first-order valence-corrected chi connectivity index (χ1v) is 56.5. The lowest BCUT2D eigenvalue weighted by Crippen LogP contribution is -2.43. The van der Waals surface area contributed by atoms with Crippen LogP contribution >= 0.6 is 33.7 Å². The van der Waals surface area contributed by atoms with Gasteiger partial charge in [-0.2, -0.15) is 4.98 Å².